The highest BCUT2D eigenvalue weighted by molar-refractivity contribution is 6.02. The summed E-state index contributed by atoms with van der Waals surface area (Å²) in [5, 5.41) is 28.3. The summed E-state index contributed by atoms with van der Waals surface area (Å²) in [6.07, 6.45) is -6.00. The summed E-state index contributed by atoms with van der Waals surface area (Å²) in [7, 11) is 2.79. The fraction of sp³-hybridized carbons (Fsp3) is 0.333. The highest BCUT2D eigenvalue weighted by atomic mass is 19.4. The van der Waals surface area contributed by atoms with Crippen LogP contribution in [0.25, 0.3) is 0 Å². The normalized spacial score (nSPS) is 14.6. The summed E-state index contributed by atoms with van der Waals surface area (Å²) >= 11 is 0. The van der Waals surface area contributed by atoms with Crippen molar-refractivity contribution in [2.45, 2.75) is 37.8 Å². The lowest BCUT2D eigenvalue weighted by Crippen LogP contribution is -2.50. The number of carbonyl (C=O) groups is 4. The summed E-state index contributed by atoms with van der Waals surface area (Å²) in [5.41, 5.74) is 8.29. The Balaban J connectivity index is 0.000000821. The predicted octanol–water partition coefficient (Wildman–Crippen LogP) is 2.67. The molecule has 0 aliphatic carbocycles. The molecule has 0 radical (unpaired) electrons. The van der Waals surface area contributed by atoms with Crippen LogP contribution in [0.15, 0.2) is 59.8 Å². The number of carboxylic acids is 2. The zero-order valence-corrected chi connectivity index (χ0v) is 23.1. The van der Waals surface area contributed by atoms with E-state index in [2.05, 4.69) is 5.16 Å². The van der Waals surface area contributed by atoms with E-state index in [1.807, 2.05) is 6.07 Å². The van der Waals surface area contributed by atoms with Gasteiger partial charge in [-0.05, 0) is 11.1 Å². The average Bonchev–Trinajstić information content (AvgIpc) is 3.42. The molecule has 2 atom stereocenters. The molecule has 0 spiro atoms. The van der Waals surface area contributed by atoms with Crippen molar-refractivity contribution >= 4 is 35.5 Å². The van der Waals surface area contributed by atoms with Gasteiger partial charge in [0.05, 0.1) is 18.7 Å². The van der Waals surface area contributed by atoms with Crippen LogP contribution in [-0.4, -0.2) is 94.5 Å². The quantitative estimate of drug-likeness (QED) is 0.231. The first-order valence-corrected chi connectivity index (χ1v) is 12.5. The van der Waals surface area contributed by atoms with Crippen LogP contribution in [-0.2, 0) is 30.6 Å². The number of carbonyl (C=O) groups excluding carboxylic acids is 2. The number of benzene rings is 2. The highest BCUT2D eigenvalue weighted by Crippen LogP contribution is 2.20. The zero-order valence-electron chi connectivity index (χ0n) is 23.1. The molecule has 13 nitrogen and oxygen atoms in total. The van der Waals surface area contributed by atoms with Gasteiger partial charge in [0.1, 0.15) is 24.6 Å². The third-order valence-corrected chi connectivity index (χ3v) is 6.03. The van der Waals surface area contributed by atoms with Gasteiger partial charge in [0, 0.05) is 26.1 Å². The molecular formula is C27H30F3N5O8. The van der Waals surface area contributed by atoms with Gasteiger partial charge in [-0.15, -0.1) is 0 Å². The van der Waals surface area contributed by atoms with Crippen molar-refractivity contribution < 1.29 is 52.1 Å². The van der Waals surface area contributed by atoms with E-state index >= 15 is 0 Å². The number of hydrogen-bond acceptors (Lipinski definition) is 8. The molecule has 16 heteroatoms. The topological polar surface area (TPSA) is 196 Å². The van der Waals surface area contributed by atoms with Crippen molar-refractivity contribution in [2.75, 3.05) is 20.6 Å². The third-order valence-electron chi connectivity index (χ3n) is 6.03. The number of alkyl halides is 3. The molecule has 2 aromatic carbocycles. The number of ether oxygens (including phenoxy) is 1. The number of hydrogen-bond donors (Lipinski definition) is 4. The van der Waals surface area contributed by atoms with Crippen LogP contribution in [0.3, 0.4) is 0 Å². The maximum absolute atomic E-state index is 12.8. The van der Waals surface area contributed by atoms with Crippen LogP contribution in [0.4, 0.5) is 18.0 Å². The molecule has 3 rings (SSSR count). The second kappa shape index (κ2) is 15.2. The average molecular weight is 610 g/mol. The van der Waals surface area contributed by atoms with E-state index in [0.29, 0.717) is 17.7 Å². The van der Waals surface area contributed by atoms with Crippen molar-refractivity contribution in [2.24, 2.45) is 10.9 Å². The lowest BCUT2D eigenvalue weighted by molar-refractivity contribution is -0.192. The molecule has 1 aliphatic rings. The molecule has 2 aromatic rings. The fourth-order valence-electron chi connectivity index (χ4n) is 3.58. The second-order valence-corrected chi connectivity index (χ2v) is 9.25. The molecule has 0 saturated heterocycles. The Hall–Kier alpha value is -5.15. The molecule has 1 unspecified atom stereocenters. The van der Waals surface area contributed by atoms with Crippen molar-refractivity contribution in [1.29, 1.82) is 5.41 Å². The highest BCUT2D eigenvalue weighted by Gasteiger charge is 2.38. The number of aliphatic carboxylic acids is 2. The first kappa shape index (κ1) is 34.1. The van der Waals surface area contributed by atoms with Crippen LogP contribution in [0, 0.1) is 5.41 Å². The molecule has 43 heavy (non-hydrogen) atoms. The smallest absolute Gasteiger partial charge is 0.480 e. The Morgan fingerprint density at radius 2 is 1.67 bits per heavy atom. The van der Waals surface area contributed by atoms with Crippen molar-refractivity contribution in [1.82, 2.24) is 9.80 Å². The molecular weight excluding hydrogens is 579 g/mol. The number of carboxylic acid groups (broad SMARTS) is 2. The van der Waals surface area contributed by atoms with Gasteiger partial charge in [-0.1, -0.05) is 59.8 Å². The third kappa shape index (κ3) is 10.6. The Bertz CT molecular complexity index is 1340. The summed E-state index contributed by atoms with van der Waals surface area (Å²) in [5.74, 6) is -4.40. The zero-order chi connectivity index (χ0) is 32.3. The molecule has 0 bridgehead atoms. The molecule has 2 amide bonds. The molecule has 5 N–H and O–H groups in total. The second-order valence-electron chi connectivity index (χ2n) is 9.25. The lowest BCUT2D eigenvalue weighted by Gasteiger charge is -2.28. The molecule has 0 fully saturated rings. The van der Waals surface area contributed by atoms with Crippen LogP contribution < -0.4 is 5.73 Å². The van der Waals surface area contributed by atoms with E-state index in [0.717, 1.165) is 16.0 Å². The Morgan fingerprint density at radius 1 is 1.09 bits per heavy atom. The Kier molecular flexibility index (Phi) is 12.0. The van der Waals surface area contributed by atoms with Crippen molar-refractivity contribution in [3.8, 4) is 0 Å². The van der Waals surface area contributed by atoms with Crippen LogP contribution in [0.5, 0.6) is 0 Å². The number of amidine groups is 1. The monoisotopic (exact) mass is 609 g/mol. The van der Waals surface area contributed by atoms with Gasteiger partial charge in [-0.3, -0.25) is 15.1 Å². The summed E-state index contributed by atoms with van der Waals surface area (Å²) in [6, 6.07) is 14.7. The van der Waals surface area contributed by atoms with Crippen molar-refractivity contribution in [3.63, 3.8) is 0 Å². The minimum absolute atomic E-state index is 0.00392. The van der Waals surface area contributed by atoms with Gasteiger partial charge in [0.2, 0.25) is 5.91 Å². The minimum atomic E-state index is -5.08. The van der Waals surface area contributed by atoms with Crippen LogP contribution in [0.2, 0.25) is 0 Å². The van der Waals surface area contributed by atoms with Crippen LogP contribution >= 0.6 is 0 Å². The van der Waals surface area contributed by atoms with E-state index in [4.69, 9.17) is 30.6 Å². The molecule has 0 saturated carbocycles. The maximum Gasteiger partial charge on any atom is 0.490 e. The standard InChI is InChI=1S/C25H29N5O6.C2HF3O2/c1-29(14-21(24(32)33)30(2)25(34)35-15-16-6-4-3-5-7-16)22(31)13-19-12-20(28-36-19)17-8-10-18(11-9-17)23(26)27;3-2(4,5)1(6)7/h3-11,19,21H,12-15H2,1-2H3,(H3,26,27)(H,32,33);(H,6,7)/t19?,21-;/m0./s1. The number of oxime groups is 1. The number of nitrogen functional groups attached to an aromatic ring is 1. The SMILES string of the molecule is CN(C[C@@H](C(=O)O)N(C)C(=O)OCc1ccccc1)C(=O)CC1CC(c2ccc(C(=N)N)cc2)=NO1.O=C(O)C(F)(F)F. The van der Waals surface area contributed by atoms with E-state index in [1.54, 1.807) is 48.5 Å². The van der Waals surface area contributed by atoms with Gasteiger partial charge < -0.3 is 30.4 Å². The van der Waals surface area contributed by atoms with E-state index in [-0.39, 0.29) is 31.3 Å². The summed E-state index contributed by atoms with van der Waals surface area (Å²) in [4.78, 5) is 53.5. The number of nitrogens with two attached hydrogens (primary N) is 1. The number of halogens is 3. The van der Waals surface area contributed by atoms with Crippen molar-refractivity contribution in [3.05, 3.63) is 71.3 Å². The number of nitrogens with zero attached hydrogens (tertiary/aromatic N) is 3. The van der Waals surface area contributed by atoms with Gasteiger partial charge in [0.15, 0.2) is 0 Å². The summed E-state index contributed by atoms with van der Waals surface area (Å²) in [6.45, 7) is -0.220. The molecule has 0 aromatic heterocycles. The Labute approximate surface area is 243 Å². The number of amides is 2. The van der Waals surface area contributed by atoms with Gasteiger partial charge in [0.25, 0.3) is 0 Å². The lowest BCUT2D eigenvalue weighted by atomic mass is 10.0. The fourth-order valence-corrected chi connectivity index (χ4v) is 3.58. The predicted molar refractivity (Wildman–Crippen MR) is 145 cm³/mol. The minimum Gasteiger partial charge on any atom is -0.480 e. The number of likely N-dealkylation sites (N-methyl/N-ethyl adjacent to an activating group) is 2. The largest absolute Gasteiger partial charge is 0.490 e. The Morgan fingerprint density at radius 3 is 2.19 bits per heavy atom. The molecule has 1 aliphatic heterocycles. The first-order valence-electron chi connectivity index (χ1n) is 12.5. The number of rotatable bonds is 10. The van der Waals surface area contributed by atoms with Gasteiger partial charge in [-0.2, -0.15) is 13.2 Å². The summed E-state index contributed by atoms with van der Waals surface area (Å²) < 4.78 is 36.9. The van der Waals surface area contributed by atoms with Gasteiger partial charge >= 0.3 is 24.2 Å². The van der Waals surface area contributed by atoms with E-state index in [1.165, 1.54) is 19.0 Å². The maximum atomic E-state index is 12.8. The first-order chi connectivity index (χ1) is 20.1. The molecule has 1 heterocycles. The number of nitrogens with one attached hydrogen (secondary N) is 1. The van der Waals surface area contributed by atoms with E-state index < -0.39 is 36.4 Å². The van der Waals surface area contributed by atoms with Gasteiger partial charge in [-0.25, -0.2) is 14.4 Å². The van der Waals surface area contributed by atoms with E-state index in [9.17, 15) is 32.7 Å². The molecule has 232 valence electrons. The van der Waals surface area contributed by atoms with Crippen LogP contribution in [0.1, 0.15) is 29.5 Å².